The standard InChI is InChI=1S/C14H10F3N3/c15-14(16,17)10-3-1-2-9(8-10)11-4-5-13(19)20-12(11)6-7-18/h1-5,8H,6H2,(H2,19,20). The lowest BCUT2D eigenvalue weighted by molar-refractivity contribution is -0.137. The third-order valence-corrected chi connectivity index (χ3v) is 2.74. The molecule has 0 bridgehead atoms. The van der Waals surface area contributed by atoms with Crippen molar-refractivity contribution in [3.63, 3.8) is 0 Å². The fourth-order valence-corrected chi connectivity index (χ4v) is 1.85. The van der Waals surface area contributed by atoms with Gasteiger partial charge in [-0.25, -0.2) is 4.98 Å². The Morgan fingerprint density at radius 1 is 1.20 bits per heavy atom. The quantitative estimate of drug-likeness (QED) is 0.914. The molecule has 3 nitrogen and oxygen atoms in total. The van der Waals surface area contributed by atoms with Gasteiger partial charge >= 0.3 is 6.18 Å². The summed E-state index contributed by atoms with van der Waals surface area (Å²) >= 11 is 0. The number of pyridine rings is 1. The average Bonchev–Trinajstić information content (AvgIpc) is 2.38. The smallest absolute Gasteiger partial charge is 0.384 e. The summed E-state index contributed by atoms with van der Waals surface area (Å²) < 4.78 is 38.1. The van der Waals surface area contributed by atoms with E-state index in [-0.39, 0.29) is 12.2 Å². The van der Waals surface area contributed by atoms with Gasteiger partial charge in [0.1, 0.15) is 5.82 Å². The Bertz CT molecular complexity index is 672. The minimum absolute atomic E-state index is 0.0172. The highest BCUT2D eigenvalue weighted by Gasteiger charge is 2.30. The maximum Gasteiger partial charge on any atom is 0.416 e. The molecular formula is C14H10F3N3. The lowest BCUT2D eigenvalue weighted by Gasteiger charge is -2.11. The number of hydrogen-bond donors (Lipinski definition) is 1. The highest BCUT2D eigenvalue weighted by atomic mass is 19.4. The Kier molecular flexibility index (Phi) is 3.61. The first-order valence-electron chi connectivity index (χ1n) is 5.72. The van der Waals surface area contributed by atoms with E-state index in [4.69, 9.17) is 11.0 Å². The lowest BCUT2D eigenvalue weighted by atomic mass is 10.00. The topological polar surface area (TPSA) is 62.7 Å². The molecule has 1 aromatic heterocycles. The highest BCUT2D eigenvalue weighted by Crippen LogP contribution is 2.33. The first-order chi connectivity index (χ1) is 9.41. The molecule has 0 aliphatic heterocycles. The van der Waals surface area contributed by atoms with Crippen molar-refractivity contribution >= 4 is 5.82 Å². The maximum atomic E-state index is 12.7. The van der Waals surface area contributed by atoms with E-state index >= 15 is 0 Å². The number of benzene rings is 1. The van der Waals surface area contributed by atoms with Crippen molar-refractivity contribution in [2.24, 2.45) is 0 Å². The molecule has 20 heavy (non-hydrogen) atoms. The number of halogens is 3. The number of nitrogen functional groups attached to an aromatic ring is 1. The summed E-state index contributed by atoms with van der Waals surface area (Å²) in [5.74, 6) is 0.228. The highest BCUT2D eigenvalue weighted by molar-refractivity contribution is 5.68. The monoisotopic (exact) mass is 277 g/mol. The van der Waals surface area contributed by atoms with Crippen LogP contribution in [-0.2, 0) is 12.6 Å². The van der Waals surface area contributed by atoms with Gasteiger partial charge in [-0.05, 0) is 29.8 Å². The zero-order valence-corrected chi connectivity index (χ0v) is 10.3. The van der Waals surface area contributed by atoms with Crippen LogP contribution in [0.5, 0.6) is 0 Å². The Morgan fingerprint density at radius 2 is 1.95 bits per heavy atom. The Labute approximate surface area is 113 Å². The fourth-order valence-electron chi connectivity index (χ4n) is 1.85. The van der Waals surface area contributed by atoms with Gasteiger partial charge in [-0.1, -0.05) is 12.1 Å². The number of nitrogens with two attached hydrogens (primary N) is 1. The van der Waals surface area contributed by atoms with E-state index in [1.807, 2.05) is 6.07 Å². The van der Waals surface area contributed by atoms with Crippen LogP contribution in [-0.4, -0.2) is 4.98 Å². The minimum Gasteiger partial charge on any atom is -0.384 e. The van der Waals surface area contributed by atoms with Gasteiger partial charge in [0.15, 0.2) is 0 Å². The zero-order chi connectivity index (χ0) is 14.8. The lowest BCUT2D eigenvalue weighted by Crippen LogP contribution is -2.05. The van der Waals surface area contributed by atoms with Crippen molar-refractivity contribution in [2.45, 2.75) is 12.6 Å². The predicted octanol–water partition coefficient (Wildman–Crippen LogP) is 3.42. The van der Waals surface area contributed by atoms with Crippen molar-refractivity contribution in [1.82, 2.24) is 4.98 Å². The van der Waals surface area contributed by atoms with E-state index in [1.165, 1.54) is 12.1 Å². The summed E-state index contributed by atoms with van der Waals surface area (Å²) in [6.45, 7) is 0. The molecule has 0 spiro atoms. The van der Waals surface area contributed by atoms with Gasteiger partial charge in [-0.15, -0.1) is 0 Å². The number of aromatic nitrogens is 1. The summed E-state index contributed by atoms with van der Waals surface area (Å²) in [6, 6.07) is 9.90. The second-order valence-corrected chi connectivity index (χ2v) is 4.14. The molecule has 2 rings (SSSR count). The van der Waals surface area contributed by atoms with Gasteiger partial charge in [0.25, 0.3) is 0 Å². The van der Waals surface area contributed by atoms with Crippen LogP contribution in [0.1, 0.15) is 11.3 Å². The van der Waals surface area contributed by atoms with Crippen LogP contribution in [0.15, 0.2) is 36.4 Å². The summed E-state index contributed by atoms with van der Waals surface area (Å²) in [5.41, 5.74) is 6.00. The van der Waals surface area contributed by atoms with Crippen LogP contribution >= 0.6 is 0 Å². The van der Waals surface area contributed by atoms with E-state index in [1.54, 1.807) is 12.1 Å². The third-order valence-electron chi connectivity index (χ3n) is 2.74. The SMILES string of the molecule is N#CCc1nc(N)ccc1-c1cccc(C(F)(F)F)c1. The van der Waals surface area contributed by atoms with Gasteiger partial charge in [-0.2, -0.15) is 18.4 Å². The molecule has 0 saturated heterocycles. The largest absolute Gasteiger partial charge is 0.416 e. The van der Waals surface area contributed by atoms with Gasteiger partial charge in [0.2, 0.25) is 0 Å². The molecule has 0 amide bonds. The molecule has 0 saturated carbocycles. The third kappa shape index (κ3) is 2.88. The van der Waals surface area contributed by atoms with Crippen LogP contribution in [0.25, 0.3) is 11.1 Å². The molecule has 0 fully saturated rings. The summed E-state index contributed by atoms with van der Waals surface area (Å²) in [7, 11) is 0. The van der Waals surface area contributed by atoms with Crippen molar-refractivity contribution in [3.05, 3.63) is 47.7 Å². The van der Waals surface area contributed by atoms with Gasteiger partial charge < -0.3 is 5.73 Å². The number of rotatable bonds is 2. The molecule has 2 N–H and O–H groups in total. The number of hydrogen-bond acceptors (Lipinski definition) is 3. The average molecular weight is 277 g/mol. The number of anilines is 1. The van der Waals surface area contributed by atoms with E-state index in [9.17, 15) is 13.2 Å². The van der Waals surface area contributed by atoms with Crippen LogP contribution in [0, 0.1) is 11.3 Å². The molecular weight excluding hydrogens is 267 g/mol. The number of nitrogens with zero attached hydrogens (tertiary/aromatic N) is 2. The summed E-state index contributed by atoms with van der Waals surface area (Å²) in [4.78, 5) is 4.01. The van der Waals surface area contributed by atoms with Crippen LogP contribution < -0.4 is 5.73 Å². The first-order valence-corrected chi connectivity index (χ1v) is 5.72. The van der Waals surface area contributed by atoms with Crippen molar-refractivity contribution < 1.29 is 13.2 Å². The first kappa shape index (κ1) is 13.9. The van der Waals surface area contributed by atoms with Crippen molar-refractivity contribution in [1.29, 1.82) is 5.26 Å². The van der Waals surface area contributed by atoms with E-state index in [2.05, 4.69) is 4.98 Å². The normalized spacial score (nSPS) is 11.1. The molecule has 1 aromatic carbocycles. The van der Waals surface area contributed by atoms with Crippen LogP contribution in [0.4, 0.5) is 19.0 Å². The maximum absolute atomic E-state index is 12.7. The second-order valence-electron chi connectivity index (χ2n) is 4.14. The Morgan fingerprint density at radius 3 is 2.60 bits per heavy atom. The molecule has 102 valence electrons. The van der Waals surface area contributed by atoms with E-state index < -0.39 is 11.7 Å². The molecule has 2 aromatic rings. The van der Waals surface area contributed by atoms with E-state index in [0.717, 1.165) is 12.1 Å². The molecule has 0 aliphatic rings. The molecule has 1 heterocycles. The molecule has 6 heteroatoms. The Balaban J connectivity index is 2.55. The van der Waals surface area contributed by atoms with Gasteiger partial charge in [-0.3, -0.25) is 0 Å². The number of nitriles is 1. The second kappa shape index (κ2) is 5.21. The van der Waals surface area contributed by atoms with Crippen LogP contribution in [0.2, 0.25) is 0 Å². The summed E-state index contributed by atoms with van der Waals surface area (Å²) in [6.07, 6.45) is -4.43. The van der Waals surface area contributed by atoms with Crippen molar-refractivity contribution in [3.8, 4) is 17.2 Å². The molecule has 0 radical (unpaired) electrons. The van der Waals surface area contributed by atoms with Crippen LogP contribution in [0.3, 0.4) is 0 Å². The number of alkyl halides is 3. The predicted molar refractivity (Wildman–Crippen MR) is 68.4 cm³/mol. The minimum atomic E-state index is -4.41. The summed E-state index contributed by atoms with van der Waals surface area (Å²) in [5, 5.41) is 8.75. The molecule has 0 aliphatic carbocycles. The van der Waals surface area contributed by atoms with Gasteiger partial charge in [0, 0.05) is 5.56 Å². The van der Waals surface area contributed by atoms with E-state index in [0.29, 0.717) is 16.8 Å². The fraction of sp³-hybridized carbons (Fsp3) is 0.143. The zero-order valence-electron chi connectivity index (χ0n) is 10.3. The molecule has 0 atom stereocenters. The molecule has 0 unspecified atom stereocenters. The van der Waals surface area contributed by atoms with Crippen molar-refractivity contribution in [2.75, 3.05) is 5.73 Å². The van der Waals surface area contributed by atoms with Gasteiger partial charge in [0.05, 0.1) is 23.7 Å². The Hall–Kier alpha value is -2.55.